The van der Waals surface area contributed by atoms with Gasteiger partial charge < -0.3 is 10.6 Å². The van der Waals surface area contributed by atoms with Crippen molar-refractivity contribution in [3.05, 3.63) is 35.9 Å². The Morgan fingerprint density at radius 1 is 1.10 bits per heavy atom. The molecule has 1 rings (SSSR count). The van der Waals surface area contributed by atoms with Crippen LogP contribution in [0, 0.1) is 5.92 Å². The molecule has 2 N–H and O–H groups in total. The number of hydrogen-bond donors (Lipinski definition) is 2. The number of benzene rings is 1. The van der Waals surface area contributed by atoms with Gasteiger partial charge >= 0.3 is 0 Å². The summed E-state index contributed by atoms with van der Waals surface area (Å²) in [4.78, 5) is 11.9. The highest BCUT2D eigenvalue weighted by molar-refractivity contribution is 5.81. The maximum Gasteiger partial charge on any atom is 0.236 e. The molecule has 112 valence electrons. The topological polar surface area (TPSA) is 41.1 Å². The molecule has 1 amide bonds. The highest BCUT2D eigenvalue weighted by Gasteiger charge is 2.15. The smallest absolute Gasteiger partial charge is 0.236 e. The molecule has 20 heavy (non-hydrogen) atoms. The molecule has 0 aromatic heterocycles. The van der Waals surface area contributed by atoms with Gasteiger partial charge in [0.1, 0.15) is 0 Å². The summed E-state index contributed by atoms with van der Waals surface area (Å²) >= 11 is 0. The molecule has 0 aliphatic heterocycles. The van der Waals surface area contributed by atoms with Gasteiger partial charge in [-0.2, -0.15) is 0 Å². The Morgan fingerprint density at radius 3 is 2.35 bits per heavy atom. The highest BCUT2D eigenvalue weighted by atomic mass is 16.2. The van der Waals surface area contributed by atoms with Crippen LogP contribution in [0.25, 0.3) is 0 Å². The van der Waals surface area contributed by atoms with Crippen LogP contribution >= 0.6 is 0 Å². The van der Waals surface area contributed by atoms with Crippen LogP contribution in [0.2, 0.25) is 0 Å². The van der Waals surface area contributed by atoms with E-state index in [1.54, 1.807) is 0 Å². The number of amides is 1. The van der Waals surface area contributed by atoms with Crippen molar-refractivity contribution in [1.29, 1.82) is 0 Å². The zero-order chi connectivity index (χ0) is 15.0. The van der Waals surface area contributed by atoms with Crippen LogP contribution in [0.3, 0.4) is 0 Å². The van der Waals surface area contributed by atoms with Gasteiger partial charge in [-0.3, -0.25) is 4.79 Å². The minimum atomic E-state index is -0.152. The number of rotatable bonds is 8. The normalized spacial score (nSPS) is 14.1. The van der Waals surface area contributed by atoms with E-state index in [-0.39, 0.29) is 18.0 Å². The van der Waals surface area contributed by atoms with Crippen molar-refractivity contribution < 1.29 is 4.79 Å². The lowest BCUT2D eigenvalue weighted by molar-refractivity contribution is -0.122. The fourth-order valence-electron chi connectivity index (χ4n) is 2.17. The van der Waals surface area contributed by atoms with Crippen molar-refractivity contribution >= 4 is 5.91 Å². The Kier molecular flexibility index (Phi) is 7.31. The lowest BCUT2D eigenvalue weighted by atomic mass is 10.1. The molecule has 2 atom stereocenters. The molecule has 0 aliphatic carbocycles. The molecule has 0 bridgehead atoms. The van der Waals surface area contributed by atoms with Crippen LogP contribution in [0.5, 0.6) is 0 Å². The zero-order valence-corrected chi connectivity index (χ0v) is 13.1. The van der Waals surface area contributed by atoms with Gasteiger partial charge in [-0.05, 0) is 38.2 Å². The Balaban J connectivity index is 2.30. The first-order valence-electron chi connectivity index (χ1n) is 7.56. The van der Waals surface area contributed by atoms with Crippen LogP contribution in [0.15, 0.2) is 30.3 Å². The quantitative estimate of drug-likeness (QED) is 0.766. The Hall–Kier alpha value is -1.35. The van der Waals surface area contributed by atoms with Crippen molar-refractivity contribution in [1.82, 2.24) is 10.6 Å². The first-order valence-corrected chi connectivity index (χ1v) is 7.56. The third-order valence-electron chi connectivity index (χ3n) is 3.33. The molecular weight excluding hydrogens is 248 g/mol. The third-order valence-corrected chi connectivity index (χ3v) is 3.33. The van der Waals surface area contributed by atoms with Gasteiger partial charge in [0, 0.05) is 12.6 Å². The van der Waals surface area contributed by atoms with Crippen LogP contribution in [-0.4, -0.2) is 24.5 Å². The van der Waals surface area contributed by atoms with Gasteiger partial charge in [-0.25, -0.2) is 0 Å². The summed E-state index contributed by atoms with van der Waals surface area (Å²) in [7, 11) is 0. The molecule has 0 saturated heterocycles. The van der Waals surface area contributed by atoms with Crippen LogP contribution < -0.4 is 10.6 Å². The summed E-state index contributed by atoms with van der Waals surface area (Å²) in [6.07, 6.45) is 1.96. The Morgan fingerprint density at radius 2 is 1.75 bits per heavy atom. The number of hydrogen-bond acceptors (Lipinski definition) is 2. The second-order valence-corrected chi connectivity index (χ2v) is 5.95. The zero-order valence-electron chi connectivity index (χ0n) is 13.1. The lowest BCUT2D eigenvalue weighted by Gasteiger charge is -2.20. The van der Waals surface area contributed by atoms with Crippen molar-refractivity contribution in [2.24, 2.45) is 5.92 Å². The van der Waals surface area contributed by atoms with Crippen LogP contribution in [0.1, 0.15) is 39.7 Å². The van der Waals surface area contributed by atoms with E-state index in [2.05, 4.69) is 43.5 Å². The molecule has 3 nitrogen and oxygen atoms in total. The number of nitrogens with one attached hydrogen (secondary N) is 2. The monoisotopic (exact) mass is 276 g/mol. The summed E-state index contributed by atoms with van der Waals surface area (Å²) < 4.78 is 0. The van der Waals surface area contributed by atoms with Crippen LogP contribution in [-0.2, 0) is 11.2 Å². The van der Waals surface area contributed by atoms with E-state index < -0.39 is 0 Å². The van der Waals surface area contributed by atoms with Gasteiger partial charge in [0.25, 0.3) is 0 Å². The average molecular weight is 276 g/mol. The second kappa shape index (κ2) is 8.75. The van der Waals surface area contributed by atoms with E-state index in [9.17, 15) is 4.79 Å². The van der Waals surface area contributed by atoms with Gasteiger partial charge in [0.2, 0.25) is 5.91 Å². The fraction of sp³-hybridized carbons (Fsp3) is 0.588. The fourth-order valence-corrected chi connectivity index (χ4v) is 2.17. The summed E-state index contributed by atoms with van der Waals surface area (Å²) in [5.41, 5.74) is 1.29. The summed E-state index contributed by atoms with van der Waals surface area (Å²) in [6.45, 7) is 9.12. The number of carbonyl (C=O) groups is 1. The maximum atomic E-state index is 11.9. The molecule has 2 unspecified atom stereocenters. The standard InChI is InChI=1S/C17H28N2O/c1-13(2)10-11-18-17(20)15(4)19-14(3)12-16-8-6-5-7-9-16/h5-9,13-15,19H,10-12H2,1-4H3,(H,18,20). The van der Waals surface area contributed by atoms with Crippen molar-refractivity contribution in [3.8, 4) is 0 Å². The molecule has 0 heterocycles. The second-order valence-electron chi connectivity index (χ2n) is 5.95. The minimum absolute atomic E-state index is 0.0885. The summed E-state index contributed by atoms with van der Waals surface area (Å²) in [5, 5.41) is 6.34. The van der Waals surface area contributed by atoms with Crippen LogP contribution in [0.4, 0.5) is 0 Å². The molecule has 0 fully saturated rings. The predicted molar refractivity (Wildman–Crippen MR) is 84.7 cm³/mol. The number of carbonyl (C=O) groups excluding carboxylic acids is 1. The molecule has 0 saturated carbocycles. The lowest BCUT2D eigenvalue weighted by Crippen LogP contribution is -2.46. The largest absolute Gasteiger partial charge is 0.355 e. The SMILES string of the molecule is CC(C)CCNC(=O)C(C)NC(C)Cc1ccccc1. The van der Waals surface area contributed by atoms with Crippen molar-refractivity contribution in [3.63, 3.8) is 0 Å². The van der Waals surface area contributed by atoms with E-state index in [0.717, 1.165) is 19.4 Å². The van der Waals surface area contributed by atoms with Gasteiger partial charge in [0.15, 0.2) is 0 Å². The van der Waals surface area contributed by atoms with Crippen molar-refractivity contribution in [2.75, 3.05) is 6.54 Å². The van der Waals surface area contributed by atoms with E-state index >= 15 is 0 Å². The summed E-state index contributed by atoms with van der Waals surface area (Å²) in [5.74, 6) is 0.709. The van der Waals surface area contributed by atoms with Crippen molar-refractivity contribution in [2.45, 2.75) is 52.6 Å². The van der Waals surface area contributed by atoms with E-state index in [1.165, 1.54) is 5.56 Å². The molecule has 0 radical (unpaired) electrons. The maximum absolute atomic E-state index is 11.9. The molecule has 3 heteroatoms. The molecular formula is C17H28N2O. The van der Waals surface area contributed by atoms with Gasteiger partial charge in [0.05, 0.1) is 6.04 Å². The first kappa shape index (κ1) is 16.7. The molecule has 0 aliphatic rings. The van der Waals surface area contributed by atoms with Gasteiger partial charge in [-0.15, -0.1) is 0 Å². The summed E-state index contributed by atoms with van der Waals surface area (Å²) in [6, 6.07) is 10.5. The van der Waals surface area contributed by atoms with E-state index in [4.69, 9.17) is 0 Å². The first-order chi connectivity index (χ1) is 9.49. The predicted octanol–water partition coefficient (Wildman–Crippen LogP) is 2.76. The highest BCUT2D eigenvalue weighted by Crippen LogP contribution is 2.03. The Bertz CT molecular complexity index is 389. The Labute approximate surface area is 123 Å². The minimum Gasteiger partial charge on any atom is -0.355 e. The average Bonchev–Trinajstić information content (AvgIpc) is 2.39. The molecule has 0 spiro atoms. The van der Waals surface area contributed by atoms with E-state index in [1.807, 2.05) is 25.1 Å². The third kappa shape index (κ3) is 6.71. The van der Waals surface area contributed by atoms with E-state index in [0.29, 0.717) is 5.92 Å². The molecule has 1 aromatic carbocycles. The van der Waals surface area contributed by atoms with Gasteiger partial charge in [-0.1, -0.05) is 44.2 Å². The molecule has 1 aromatic rings.